The first-order valence-corrected chi connectivity index (χ1v) is 12.1. The van der Waals surface area contributed by atoms with Crippen LogP contribution in [0.1, 0.15) is 64.7 Å². The van der Waals surface area contributed by atoms with Gasteiger partial charge in [0.15, 0.2) is 5.79 Å². The number of allylic oxidation sites excluding steroid dienone is 1. The van der Waals surface area contributed by atoms with Crippen molar-refractivity contribution in [3.05, 3.63) is 11.6 Å². The summed E-state index contributed by atoms with van der Waals surface area (Å²) in [6, 6.07) is 0. The van der Waals surface area contributed by atoms with Gasteiger partial charge in [0, 0.05) is 29.1 Å². The highest BCUT2D eigenvalue weighted by molar-refractivity contribution is 14.1. The highest BCUT2D eigenvalue weighted by atomic mass is 127. The predicted octanol–water partition coefficient (Wildman–Crippen LogP) is 5.07. The lowest BCUT2D eigenvalue weighted by Gasteiger charge is -2.58. The van der Waals surface area contributed by atoms with Crippen molar-refractivity contribution in [3.8, 4) is 0 Å². The summed E-state index contributed by atoms with van der Waals surface area (Å²) in [6.45, 7) is 4.01. The number of fused-ring (bicyclic) bond motifs is 5. The maximum Gasteiger partial charge on any atom is 0.172 e. The molecule has 1 heterocycles. The summed E-state index contributed by atoms with van der Waals surface area (Å²) < 4.78 is 13.2. The maximum absolute atomic E-state index is 12.9. The zero-order valence-corrected chi connectivity index (χ0v) is 18.1. The largest absolute Gasteiger partial charge is 0.347 e. The summed E-state index contributed by atoms with van der Waals surface area (Å²) in [6.07, 6.45) is 12.4. The van der Waals surface area contributed by atoms with Gasteiger partial charge in [-0.1, -0.05) is 41.2 Å². The summed E-state index contributed by atoms with van der Waals surface area (Å²) >= 11 is 2.48. The van der Waals surface area contributed by atoms with Crippen molar-refractivity contribution in [1.29, 1.82) is 0 Å². The fraction of sp³-hybridized carbons (Fsp3) is 0.864. The van der Waals surface area contributed by atoms with Gasteiger partial charge in [-0.25, -0.2) is 0 Å². The predicted molar refractivity (Wildman–Crippen MR) is 109 cm³/mol. The third kappa shape index (κ3) is 2.40. The Balaban J connectivity index is 1.46. The van der Waals surface area contributed by atoms with Crippen molar-refractivity contribution in [3.63, 3.8) is 0 Å². The molecule has 3 saturated carbocycles. The van der Waals surface area contributed by atoms with E-state index in [1.807, 2.05) is 0 Å². The topological polar surface area (TPSA) is 35.5 Å². The van der Waals surface area contributed by atoms with Crippen LogP contribution in [0.15, 0.2) is 11.6 Å². The lowest BCUT2D eigenvalue weighted by atomic mass is 9.47. The number of Topliss-reactive ketones (excluding diaryl/α,β-unsaturated/α-hetero) is 1. The van der Waals surface area contributed by atoms with E-state index in [0.717, 1.165) is 62.1 Å². The molecule has 0 aromatic heterocycles. The molecule has 144 valence electrons. The first-order chi connectivity index (χ1) is 12.5. The average Bonchev–Trinajstić information content (AvgIpc) is 3.22. The number of alkyl halides is 1. The number of hydrogen-bond acceptors (Lipinski definition) is 3. The summed E-state index contributed by atoms with van der Waals surface area (Å²) in [4.78, 5) is 12.9. The zero-order chi connectivity index (χ0) is 18.0. The minimum absolute atomic E-state index is 0.0254. The second-order valence-corrected chi connectivity index (χ2v) is 10.7. The van der Waals surface area contributed by atoms with Crippen LogP contribution >= 0.6 is 22.6 Å². The number of ketones is 1. The van der Waals surface area contributed by atoms with Gasteiger partial charge in [-0.15, -0.1) is 0 Å². The monoisotopic (exact) mass is 470 g/mol. The van der Waals surface area contributed by atoms with Gasteiger partial charge in [-0.3, -0.25) is 4.79 Å². The molecule has 4 fully saturated rings. The summed E-state index contributed by atoms with van der Waals surface area (Å²) in [7, 11) is 0. The normalized spacial score (nSPS) is 46.6. The molecular weight excluding hydrogens is 439 g/mol. The van der Waals surface area contributed by atoms with Crippen molar-refractivity contribution in [1.82, 2.24) is 0 Å². The molecule has 0 bridgehead atoms. The molecular formula is C22H31IO3. The van der Waals surface area contributed by atoms with E-state index in [4.69, 9.17) is 9.47 Å². The summed E-state index contributed by atoms with van der Waals surface area (Å²) in [5.41, 5.74) is 1.92. The highest BCUT2D eigenvalue weighted by Gasteiger charge is 2.61. The number of carbonyl (C=O) groups is 1. The standard InChI is InChI=1S/C22H31IO3/c1-20-8-9-22(25-12-13-26-22)14-15(20)2-3-16-17(20)6-7-21(10-11-23)18(16)4-5-19(21)24/h2,16-18H,3-14H2,1H3/t16?,17?,18?,20-,21+/m0/s1. The van der Waals surface area contributed by atoms with E-state index in [2.05, 4.69) is 35.6 Å². The van der Waals surface area contributed by atoms with Gasteiger partial charge in [0.2, 0.25) is 0 Å². The molecule has 5 aliphatic rings. The Bertz CT molecular complexity index is 637. The lowest BCUT2D eigenvalue weighted by Crippen LogP contribution is -2.53. The Kier molecular flexibility index (Phi) is 4.38. The number of hydrogen-bond donors (Lipinski definition) is 0. The molecule has 3 unspecified atom stereocenters. The van der Waals surface area contributed by atoms with Gasteiger partial charge >= 0.3 is 0 Å². The summed E-state index contributed by atoms with van der Waals surface area (Å²) in [5.74, 6) is 2.37. The van der Waals surface area contributed by atoms with E-state index in [1.54, 1.807) is 5.57 Å². The molecule has 3 nitrogen and oxygen atoms in total. The van der Waals surface area contributed by atoms with E-state index < -0.39 is 0 Å². The molecule has 1 spiro atoms. The Hall–Kier alpha value is 0.0600. The molecule has 4 heteroatoms. The minimum Gasteiger partial charge on any atom is -0.347 e. The van der Waals surface area contributed by atoms with Gasteiger partial charge in [-0.05, 0) is 61.7 Å². The van der Waals surface area contributed by atoms with Crippen LogP contribution in [-0.4, -0.2) is 29.2 Å². The van der Waals surface area contributed by atoms with Crippen molar-refractivity contribution in [2.75, 3.05) is 17.6 Å². The molecule has 0 N–H and O–H groups in total. The van der Waals surface area contributed by atoms with Crippen LogP contribution < -0.4 is 0 Å². The van der Waals surface area contributed by atoms with Crippen LogP contribution in [0.3, 0.4) is 0 Å². The third-order valence-corrected chi connectivity index (χ3v) is 9.45. The van der Waals surface area contributed by atoms with E-state index in [9.17, 15) is 4.79 Å². The Morgan fingerprint density at radius 3 is 2.73 bits per heavy atom. The number of ether oxygens (including phenoxy) is 2. The van der Waals surface area contributed by atoms with E-state index in [1.165, 1.54) is 19.3 Å². The first kappa shape index (κ1) is 18.1. The molecule has 0 aromatic carbocycles. The van der Waals surface area contributed by atoms with Crippen molar-refractivity contribution >= 4 is 28.4 Å². The van der Waals surface area contributed by atoms with Crippen LogP contribution in [-0.2, 0) is 14.3 Å². The van der Waals surface area contributed by atoms with Crippen LogP contribution in [0, 0.1) is 28.6 Å². The van der Waals surface area contributed by atoms with Gasteiger partial charge in [0.05, 0.1) is 13.2 Å². The Morgan fingerprint density at radius 1 is 1.15 bits per heavy atom. The molecule has 1 saturated heterocycles. The second-order valence-electron chi connectivity index (χ2n) is 9.64. The quantitative estimate of drug-likeness (QED) is 0.321. The fourth-order valence-electron chi connectivity index (χ4n) is 7.55. The molecule has 0 radical (unpaired) electrons. The number of rotatable bonds is 2. The molecule has 0 amide bonds. The maximum atomic E-state index is 12.9. The Morgan fingerprint density at radius 2 is 1.96 bits per heavy atom. The lowest BCUT2D eigenvalue weighted by molar-refractivity contribution is -0.185. The number of carbonyl (C=O) groups excluding carboxylic acids is 1. The van der Waals surface area contributed by atoms with E-state index in [0.29, 0.717) is 23.0 Å². The molecule has 1 aliphatic heterocycles. The van der Waals surface area contributed by atoms with Gasteiger partial charge < -0.3 is 9.47 Å². The van der Waals surface area contributed by atoms with E-state index in [-0.39, 0.29) is 11.2 Å². The van der Waals surface area contributed by atoms with Gasteiger partial charge in [0.25, 0.3) is 0 Å². The second kappa shape index (κ2) is 6.28. The van der Waals surface area contributed by atoms with Crippen molar-refractivity contribution in [2.24, 2.45) is 28.6 Å². The van der Waals surface area contributed by atoms with Crippen molar-refractivity contribution in [2.45, 2.75) is 70.5 Å². The third-order valence-electron chi connectivity index (χ3n) is 8.91. The van der Waals surface area contributed by atoms with Crippen LogP contribution in [0.5, 0.6) is 0 Å². The van der Waals surface area contributed by atoms with Crippen LogP contribution in [0.2, 0.25) is 0 Å². The van der Waals surface area contributed by atoms with Gasteiger partial charge in [-0.2, -0.15) is 0 Å². The minimum atomic E-state index is -0.318. The highest BCUT2D eigenvalue weighted by Crippen LogP contribution is 2.66. The molecule has 5 atom stereocenters. The molecule has 5 rings (SSSR count). The van der Waals surface area contributed by atoms with Crippen molar-refractivity contribution < 1.29 is 14.3 Å². The molecule has 26 heavy (non-hydrogen) atoms. The SMILES string of the molecule is C[C@]12CCC3(CC1=CCC1C4CCC(=O)[C@@]4(CCI)CCC12)OCCO3. The number of halogens is 1. The fourth-order valence-corrected chi connectivity index (χ4v) is 8.52. The van der Waals surface area contributed by atoms with E-state index >= 15 is 0 Å². The van der Waals surface area contributed by atoms with Crippen LogP contribution in [0.4, 0.5) is 0 Å². The smallest absolute Gasteiger partial charge is 0.172 e. The zero-order valence-electron chi connectivity index (χ0n) is 15.9. The van der Waals surface area contributed by atoms with Gasteiger partial charge in [0.1, 0.15) is 5.78 Å². The summed E-state index contributed by atoms with van der Waals surface area (Å²) in [5, 5.41) is 0. The Labute approximate surface area is 170 Å². The molecule has 0 aromatic rings. The molecule has 4 aliphatic carbocycles. The first-order valence-electron chi connectivity index (χ1n) is 10.6. The average molecular weight is 470 g/mol. The van der Waals surface area contributed by atoms with Crippen LogP contribution in [0.25, 0.3) is 0 Å².